The van der Waals surface area contributed by atoms with Gasteiger partial charge in [0.2, 0.25) is 6.79 Å². The molecule has 6 fully saturated rings. The summed E-state index contributed by atoms with van der Waals surface area (Å²) in [4.78, 5) is 41.5. The Labute approximate surface area is 450 Å². The van der Waals surface area contributed by atoms with Gasteiger partial charge in [-0.3, -0.25) is 9.05 Å². The van der Waals surface area contributed by atoms with Crippen LogP contribution in [0.1, 0.15) is 6.92 Å². The SMILES string of the molecule is CC=NOCO[C@@H]1OC(CO[C@H]2OC(CO[C@H]3OC(CO)[C@@H](O)[C@H](O)C3O[C@H]3OC(COP(=O)(O)O)[C@@H](O)[C@H](O)C3O)[C@@H](O)[C@H](O)C2O)[C@@H](O)[C@H](O[C@H]2OC(CO)[C@@H](O)[C@H](O)C2O[C@H]2OC(COP(=O)(O)O)[C@@H](O)[C@H](O)C2O)C1O. The number of hydrogen-bond acceptors (Lipinski definition) is 35. The molecule has 6 aliphatic heterocycles. The van der Waals surface area contributed by atoms with Crippen LogP contribution in [-0.4, -0.2) is 343 Å². The predicted octanol–water partition coefficient (Wildman–Crippen LogP) is -12.9. The highest BCUT2D eigenvalue weighted by atomic mass is 31.2. The minimum absolute atomic E-state index is 0.764. The van der Waals surface area contributed by atoms with Crippen molar-refractivity contribution in [3.63, 3.8) is 0 Å². The molecule has 0 amide bonds. The summed E-state index contributed by atoms with van der Waals surface area (Å²) in [6, 6.07) is 0. The molecule has 41 heteroatoms. The van der Waals surface area contributed by atoms with E-state index in [9.17, 15) is 95.9 Å². The summed E-state index contributed by atoms with van der Waals surface area (Å²) in [5.74, 6) is 0. The van der Waals surface area contributed by atoms with Crippen LogP contribution in [0.4, 0.5) is 0 Å². The van der Waals surface area contributed by atoms with E-state index < -0.39 is 246 Å². The lowest BCUT2D eigenvalue weighted by molar-refractivity contribution is -0.393. The van der Waals surface area contributed by atoms with E-state index in [2.05, 4.69) is 14.2 Å². The van der Waals surface area contributed by atoms with Crippen LogP contribution in [0.3, 0.4) is 0 Å². The molecule has 12 unspecified atom stereocenters. The normalized spacial score (nSPS) is 47.1. The molecule has 30 atom stereocenters. The number of aliphatic hydroxyl groups excluding tert-OH is 17. The quantitative estimate of drug-likeness (QED) is 0.0140. The standard InChI is InChI=1S/C39H69NO38P2/c1-2-40-67-9-66-35-30(57)31(76-39-33(26(53)17(44)11(4-42)71-39)78-37-29(56)24(51)20(47)15(75-37)8-69-80(61,62)63)21(48)13(73-35)6-64-34-27(54)22(49)18(45)12(72-34)5-65-38-32(25(52)16(43)10(3-41)70-38)77-36-28(55)23(50)19(46)14(74-36)7-68-79(58,59)60/h2,10-39,41-57H,3-9H2,1H3,(H2,58,59,60)(H2,61,62,63)/t10?,11?,12?,13?,14?,15?,16-,17-,18-,19-,20-,21-,22+,23+,24+,25+,26+,27?,28?,29?,30?,31+,32?,33?,34+,35-,36-,37-,38+,39-/m1/s1. The highest BCUT2D eigenvalue weighted by Gasteiger charge is 2.57. The van der Waals surface area contributed by atoms with Crippen LogP contribution in [0.25, 0.3) is 0 Å². The number of oxime groups is 1. The van der Waals surface area contributed by atoms with E-state index in [0.717, 1.165) is 0 Å². The van der Waals surface area contributed by atoms with Gasteiger partial charge < -0.3 is 168 Å². The molecule has 0 spiro atoms. The van der Waals surface area contributed by atoms with E-state index in [1.54, 1.807) is 0 Å². The Bertz CT molecular complexity index is 2020. The van der Waals surface area contributed by atoms with Gasteiger partial charge in [0.25, 0.3) is 0 Å². The summed E-state index contributed by atoms with van der Waals surface area (Å²) in [5, 5.41) is 187. The lowest BCUT2D eigenvalue weighted by Gasteiger charge is -2.48. The first kappa shape index (κ1) is 67.7. The highest BCUT2D eigenvalue weighted by molar-refractivity contribution is 7.46. The molecular formula is C39H69NO38P2. The molecule has 39 nitrogen and oxygen atoms in total. The van der Waals surface area contributed by atoms with Crippen molar-refractivity contribution in [1.29, 1.82) is 0 Å². The minimum Gasteiger partial charge on any atom is -0.394 e. The first-order chi connectivity index (χ1) is 37.5. The number of rotatable bonds is 24. The van der Waals surface area contributed by atoms with Gasteiger partial charge in [0, 0.05) is 6.21 Å². The Balaban J connectivity index is 1.18. The molecule has 6 heterocycles. The minimum atomic E-state index is -5.21. The number of nitrogens with zero attached hydrogens (tertiary/aromatic N) is 1. The molecule has 6 rings (SSSR count). The van der Waals surface area contributed by atoms with Gasteiger partial charge in [-0.2, -0.15) is 0 Å². The third kappa shape index (κ3) is 16.5. The van der Waals surface area contributed by atoms with Crippen molar-refractivity contribution in [2.45, 2.75) is 191 Å². The fourth-order valence-corrected chi connectivity index (χ4v) is 9.58. The van der Waals surface area contributed by atoms with Crippen molar-refractivity contribution in [2.24, 2.45) is 5.16 Å². The molecule has 0 radical (unpaired) electrons. The fourth-order valence-electron chi connectivity index (χ4n) is 8.90. The number of ether oxygens (including phenoxy) is 12. The summed E-state index contributed by atoms with van der Waals surface area (Å²) in [6.07, 6.45) is -59.6. The van der Waals surface area contributed by atoms with Crippen molar-refractivity contribution < 1.29 is 186 Å². The zero-order valence-electron chi connectivity index (χ0n) is 41.5. The van der Waals surface area contributed by atoms with E-state index in [-0.39, 0.29) is 0 Å². The van der Waals surface area contributed by atoms with Crippen molar-refractivity contribution in [3.05, 3.63) is 0 Å². The average Bonchev–Trinajstić information content (AvgIpc) is 3.40. The Hall–Kier alpha value is -1.47. The van der Waals surface area contributed by atoms with Crippen molar-refractivity contribution >= 4 is 21.9 Å². The number of phosphoric ester groups is 2. The predicted molar refractivity (Wildman–Crippen MR) is 240 cm³/mol. The Morgan fingerprint density at radius 3 is 1.15 bits per heavy atom. The van der Waals surface area contributed by atoms with E-state index >= 15 is 0 Å². The van der Waals surface area contributed by atoms with Crippen molar-refractivity contribution in [1.82, 2.24) is 0 Å². The van der Waals surface area contributed by atoms with Crippen LogP contribution in [0, 0.1) is 0 Å². The fraction of sp³-hybridized carbons (Fsp3) is 0.974. The molecule has 0 aliphatic carbocycles. The van der Waals surface area contributed by atoms with Gasteiger partial charge in [-0.1, -0.05) is 5.16 Å². The van der Waals surface area contributed by atoms with E-state index in [1.807, 2.05) is 0 Å². The Morgan fingerprint density at radius 2 is 0.713 bits per heavy atom. The lowest BCUT2D eigenvalue weighted by Crippen LogP contribution is -2.67. The molecule has 6 saturated heterocycles. The molecule has 0 saturated carbocycles. The van der Waals surface area contributed by atoms with Gasteiger partial charge >= 0.3 is 15.6 Å². The van der Waals surface area contributed by atoms with Crippen LogP contribution < -0.4 is 0 Å². The molecule has 0 bridgehead atoms. The molecule has 0 aromatic carbocycles. The molecule has 21 N–H and O–H groups in total. The first-order valence-corrected chi connectivity index (χ1v) is 27.2. The monoisotopic (exact) mass is 1220 g/mol. The summed E-state index contributed by atoms with van der Waals surface area (Å²) < 4.78 is 98.8. The first-order valence-electron chi connectivity index (χ1n) is 24.2. The zero-order valence-corrected chi connectivity index (χ0v) is 43.3. The van der Waals surface area contributed by atoms with E-state index in [4.69, 9.17) is 81.3 Å². The second-order valence-corrected chi connectivity index (χ2v) is 21.3. The van der Waals surface area contributed by atoms with Gasteiger partial charge in [0.1, 0.15) is 146 Å². The third-order valence-corrected chi connectivity index (χ3v) is 14.3. The number of hydrogen-bond donors (Lipinski definition) is 21. The smallest absolute Gasteiger partial charge is 0.394 e. The van der Waals surface area contributed by atoms with Crippen molar-refractivity contribution in [2.75, 3.05) is 46.4 Å². The molecule has 0 aromatic heterocycles. The van der Waals surface area contributed by atoms with Gasteiger partial charge in [0.15, 0.2) is 37.7 Å². The summed E-state index contributed by atoms with van der Waals surface area (Å²) >= 11 is 0. The second kappa shape index (κ2) is 29.3. The van der Waals surface area contributed by atoms with Gasteiger partial charge in [-0.25, -0.2) is 9.13 Å². The average molecular weight is 1220 g/mol. The van der Waals surface area contributed by atoms with Gasteiger partial charge in [-0.05, 0) is 6.92 Å². The Morgan fingerprint density at radius 1 is 0.375 bits per heavy atom. The van der Waals surface area contributed by atoms with Crippen molar-refractivity contribution in [3.8, 4) is 0 Å². The maximum Gasteiger partial charge on any atom is 0.469 e. The number of phosphoric acid groups is 2. The van der Waals surface area contributed by atoms with Crippen LogP contribution >= 0.6 is 15.6 Å². The maximum atomic E-state index is 11.7. The molecule has 6 aliphatic rings. The van der Waals surface area contributed by atoms with Crippen LogP contribution in [0.5, 0.6) is 0 Å². The molecule has 0 aromatic rings. The van der Waals surface area contributed by atoms with Gasteiger partial charge in [0.05, 0.1) is 39.6 Å². The summed E-state index contributed by atoms with van der Waals surface area (Å²) in [7, 11) is -10.4. The topological polar surface area (TPSA) is 610 Å². The largest absolute Gasteiger partial charge is 0.469 e. The van der Waals surface area contributed by atoms with E-state index in [1.165, 1.54) is 13.1 Å². The van der Waals surface area contributed by atoms with Gasteiger partial charge in [-0.15, -0.1) is 0 Å². The molecular weight excluding hydrogens is 1150 g/mol. The lowest BCUT2D eigenvalue weighted by atomic mass is 9.96. The molecule has 80 heavy (non-hydrogen) atoms. The highest BCUT2D eigenvalue weighted by Crippen LogP contribution is 2.40. The summed E-state index contributed by atoms with van der Waals surface area (Å²) in [6.45, 7) is -5.36. The Kier molecular flexibility index (Phi) is 24.8. The maximum absolute atomic E-state index is 11.7. The zero-order chi connectivity index (χ0) is 59.3. The van der Waals surface area contributed by atoms with E-state index in [0.29, 0.717) is 0 Å². The molecule has 468 valence electrons. The van der Waals surface area contributed by atoms with Crippen LogP contribution in [0.2, 0.25) is 0 Å². The van der Waals surface area contributed by atoms with Crippen LogP contribution in [0.15, 0.2) is 5.16 Å². The summed E-state index contributed by atoms with van der Waals surface area (Å²) in [5.41, 5.74) is 0. The third-order valence-electron chi connectivity index (χ3n) is 13.3. The number of aliphatic hydroxyl groups is 17. The second-order valence-electron chi connectivity index (χ2n) is 18.8. The van der Waals surface area contributed by atoms with Crippen LogP contribution in [-0.2, 0) is 79.9 Å².